The maximum absolute atomic E-state index is 6.25. The van der Waals surface area contributed by atoms with Crippen molar-refractivity contribution in [3.63, 3.8) is 0 Å². The highest BCUT2D eigenvalue weighted by Gasteiger charge is 2.38. The third-order valence-corrected chi connectivity index (χ3v) is 3.98. The van der Waals surface area contributed by atoms with Crippen LogP contribution >= 0.6 is 0 Å². The van der Waals surface area contributed by atoms with Crippen LogP contribution in [0.15, 0.2) is 52.9 Å². The molecule has 1 aromatic heterocycles. The van der Waals surface area contributed by atoms with Crippen LogP contribution in [0.2, 0.25) is 0 Å². The molecule has 3 heteroatoms. The van der Waals surface area contributed by atoms with Gasteiger partial charge in [-0.05, 0) is 43.0 Å². The van der Waals surface area contributed by atoms with E-state index in [9.17, 15) is 0 Å². The number of para-hydroxylation sites is 2. The molecule has 0 aliphatic heterocycles. The van der Waals surface area contributed by atoms with Gasteiger partial charge in [0.15, 0.2) is 5.58 Å². The van der Waals surface area contributed by atoms with Gasteiger partial charge >= 0.3 is 0 Å². The molecule has 1 fully saturated rings. The Balaban J connectivity index is 1.80. The summed E-state index contributed by atoms with van der Waals surface area (Å²) >= 11 is 0. The van der Waals surface area contributed by atoms with E-state index in [2.05, 4.69) is 17.1 Å². The van der Waals surface area contributed by atoms with Gasteiger partial charge in [-0.2, -0.15) is 0 Å². The van der Waals surface area contributed by atoms with Crippen molar-refractivity contribution >= 4 is 11.1 Å². The van der Waals surface area contributed by atoms with Gasteiger partial charge in [-0.15, -0.1) is 0 Å². The molecule has 1 aliphatic rings. The summed E-state index contributed by atoms with van der Waals surface area (Å²) in [6, 6.07) is 16.1. The number of nitrogens with two attached hydrogens (primary N) is 1. The lowest BCUT2D eigenvalue weighted by atomic mass is 9.99. The lowest BCUT2D eigenvalue weighted by Crippen LogP contribution is -2.24. The average molecular weight is 264 g/mol. The molecular weight excluding hydrogens is 248 g/mol. The minimum atomic E-state index is -0.0118. The van der Waals surface area contributed by atoms with Gasteiger partial charge in [0, 0.05) is 11.1 Å². The van der Waals surface area contributed by atoms with Crippen LogP contribution in [0.25, 0.3) is 22.6 Å². The number of hydrogen-bond acceptors (Lipinski definition) is 3. The minimum absolute atomic E-state index is 0.0118. The summed E-state index contributed by atoms with van der Waals surface area (Å²) in [7, 11) is 0. The van der Waals surface area contributed by atoms with Gasteiger partial charge in [0.05, 0.1) is 0 Å². The standard InChI is InChI=1S/C17H16N2O/c18-17(9-10-17)11-12-5-1-2-6-13(12)16-19-14-7-3-4-8-15(14)20-16/h1-8H,9-11,18H2. The molecule has 0 amide bonds. The SMILES string of the molecule is NC1(Cc2ccccc2-c2nc3ccccc3o2)CC1. The van der Waals surface area contributed by atoms with Crippen LogP contribution in [0.4, 0.5) is 0 Å². The minimum Gasteiger partial charge on any atom is -0.436 e. The number of hydrogen-bond donors (Lipinski definition) is 1. The van der Waals surface area contributed by atoms with Gasteiger partial charge < -0.3 is 10.2 Å². The third kappa shape index (κ3) is 2.00. The van der Waals surface area contributed by atoms with E-state index in [-0.39, 0.29) is 5.54 Å². The molecule has 0 saturated heterocycles. The fourth-order valence-electron chi connectivity index (χ4n) is 2.59. The van der Waals surface area contributed by atoms with Gasteiger partial charge in [-0.3, -0.25) is 0 Å². The van der Waals surface area contributed by atoms with Crippen molar-refractivity contribution in [2.75, 3.05) is 0 Å². The molecule has 0 spiro atoms. The van der Waals surface area contributed by atoms with Crippen LogP contribution in [0, 0.1) is 0 Å². The maximum atomic E-state index is 6.25. The zero-order valence-electron chi connectivity index (χ0n) is 11.2. The smallest absolute Gasteiger partial charge is 0.227 e. The lowest BCUT2D eigenvalue weighted by molar-refractivity contribution is 0.615. The first-order valence-electron chi connectivity index (χ1n) is 6.96. The van der Waals surface area contributed by atoms with E-state index in [0.29, 0.717) is 5.89 Å². The average Bonchev–Trinajstić information content (AvgIpc) is 3.03. The van der Waals surface area contributed by atoms with Crippen LogP contribution in [0.1, 0.15) is 18.4 Å². The predicted molar refractivity (Wildman–Crippen MR) is 79.3 cm³/mol. The molecule has 0 bridgehead atoms. The first-order chi connectivity index (χ1) is 9.73. The molecule has 3 aromatic rings. The van der Waals surface area contributed by atoms with Crippen molar-refractivity contribution in [3.05, 3.63) is 54.1 Å². The summed E-state index contributed by atoms with van der Waals surface area (Å²) in [6.45, 7) is 0. The van der Waals surface area contributed by atoms with E-state index < -0.39 is 0 Å². The fraction of sp³-hybridized carbons (Fsp3) is 0.235. The Labute approximate surface area is 117 Å². The van der Waals surface area contributed by atoms with Crippen molar-refractivity contribution < 1.29 is 4.42 Å². The van der Waals surface area contributed by atoms with E-state index in [1.807, 2.05) is 36.4 Å². The van der Waals surface area contributed by atoms with Gasteiger partial charge in [0.2, 0.25) is 5.89 Å². The monoisotopic (exact) mass is 264 g/mol. The van der Waals surface area contributed by atoms with E-state index >= 15 is 0 Å². The molecule has 1 saturated carbocycles. The number of aromatic nitrogens is 1. The molecule has 0 atom stereocenters. The Morgan fingerprint density at radius 3 is 2.60 bits per heavy atom. The van der Waals surface area contributed by atoms with E-state index in [4.69, 9.17) is 10.2 Å². The summed E-state index contributed by atoms with van der Waals surface area (Å²) in [5.74, 6) is 0.686. The van der Waals surface area contributed by atoms with Crippen LogP contribution in [-0.4, -0.2) is 10.5 Å². The van der Waals surface area contributed by atoms with Gasteiger partial charge in [0.1, 0.15) is 5.52 Å². The Morgan fingerprint density at radius 2 is 1.80 bits per heavy atom. The van der Waals surface area contributed by atoms with E-state index in [0.717, 1.165) is 35.9 Å². The van der Waals surface area contributed by atoms with E-state index in [1.165, 1.54) is 5.56 Å². The molecule has 2 N–H and O–H groups in total. The van der Waals surface area contributed by atoms with Crippen molar-refractivity contribution in [1.29, 1.82) is 0 Å². The zero-order valence-corrected chi connectivity index (χ0v) is 11.2. The molecule has 2 aromatic carbocycles. The molecule has 100 valence electrons. The van der Waals surface area contributed by atoms with Gasteiger partial charge in [0.25, 0.3) is 0 Å². The second-order valence-corrected chi connectivity index (χ2v) is 5.68. The molecule has 1 heterocycles. The largest absolute Gasteiger partial charge is 0.436 e. The van der Waals surface area contributed by atoms with Gasteiger partial charge in [-0.1, -0.05) is 30.3 Å². The second-order valence-electron chi connectivity index (χ2n) is 5.68. The predicted octanol–water partition coefficient (Wildman–Crippen LogP) is 3.53. The van der Waals surface area contributed by atoms with E-state index in [1.54, 1.807) is 0 Å². The highest BCUT2D eigenvalue weighted by molar-refractivity contribution is 5.76. The Hall–Kier alpha value is -2.13. The van der Waals surface area contributed by atoms with Gasteiger partial charge in [-0.25, -0.2) is 4.98 Å². The quantitative estimate of drug-likeness (QED) is 0.787. The summed E-state index contributed by atoms with van der Waals surface area (Å²) < 4.78 is 5.88. The molecular formula is C17H16N2O. The molecule has 0 unspecified atom stereocenters. The Bertz CT molecular complexity index is 738. The number of benzene rings is 2. The fourth-order valence-corrected chi connectivity index (χ4v) is 2.59. The maximum Gasteiger partial charge on any atom is 0.227 e. The number of rotatable bonds is 3. The van der Waals surface area contributed by atoms with Crippen molar-refractivity contribution in [2.45, 2.75) is 24.8 Å². The molecule has 4 rings (SSSR count). The van der Waals surface area contributed by atoms with Crippen molar-refractivity contribution in [1.82, 2.24) is 4.98 Å². The first-order valence-corrected chi connectivity index (χ1v) is 6.96. The number of oxazole rings is 1. The normalized spacial score (nSPS) is 16.4. The molecule has 3 nitrogen and oxygen atoms in total. The molecule has 0 radical (unpaired) electrons. The van der Waals surface area contributed by atoms with Crippen molar-refractivity contribution in [3.8, 4) is 11.5 Å². The number of fused-ring (bicyclic) bond motifs is 1. The van der Waals surface area contributed by atoms with Crippen LogP contribution in [0.5, 0.6) is 0 Å². The molecule has 1 aliphatic carbocycles. The first kappa shape index (κ1) is 11.7. The Kier molecular flexibility index (Phi) is 2.44. The summed E-state index contributed by atoms with van der Waals surface area (Å²) in [6.07, 6.45) is 3.10. The number of nitrogens with zero attached hydrogens (tertiary/aromatic N) is 1. The highest BCUT2D eigenvalue weighted by Crippen LogP contribution is 2.38. The molecule has 20 heavy (non-hydrogen) atoms. The topological polar surface area (TPSA) is 52.0 Å². The van der Waals surface area contributed by atoms with Crippen LogP contribution in [0.3, 0.4) is 0 Å². The summed E-state index contributed by atoms with van der Waals surface area (Å²) in [4.78, 5) is 4.59. The van der Waals surface area contributed by atoms with Crippen molar-refractivity contribution in [2.24, 2.45) is 5.73 Å². The summed E-state index contributed by atoms with van der Waals surface area (Å²) in [5.41, 5.74) is 10.2. The summed E-state index contributed by atoms with van der Waals surface area (Å²) in [5, 5.41) is 0. The van der Waals surface area contributed by atoms with Crippen LogP contribution < -0.4 is 5.73 Å². The zero-order chi connectivity index (χ0) is 13.6. The third-order valence-electron chi connectivity index (χ3n) is 3.98. The van der Waals surface area contributed by atoms with Crippen LogP contribution in [-0.2, 0) is 6.42 Å². The lowest BCUT2D eigenvalue weighted by Gasteiger charge is -2.11. The highest BCUT2D eigenvalue weighted by atomic mass is 16.3. The Morgan fingerprint density at radius 1 is 1.05 bits per heavy atom. The second kappa shape index (κ2) is 4.18.